The number of benzene rings is 2. The van der Waals surface area contributed by atoms with Gasteiger partial charge in [0.1, 0.15) is 5.75 Å². The molecule has 2 aromatic carbocycles. The number of para-hydroxylation sites is 1. The van der Waals surface area contributed by atoms with Gasteiger partial charge in [-0.05, 0) is 43.7 Å². The molecule has 0 radical (unpaired) electrons. The Morgan fingerprint density at radius 2 is 1.83 bits per heavy atom. The molecule has 0 saturated heterocycles. The molecule has 5 heteroatoms. The highest BCUT2D eigenvalue weighted by molar-refractivity contribution is 6.33. The van der Waals surface area contributed by atoms with Crippen LogP contribution < -0.4 is 15.4 Å². The largest absolute Gasteiger partial charge is 0.491 e. The molecule has 0 aliphatic heterocycles. The van der Waals surface area contributed by atoms with Crippen molar-refractivity contribution in [1.29, 1.82) is 0 Å². The minimum atomic E-state index is -0.0903. The van der Waals surface area contributed by atoms with Gasteiger partial charge in [-0.3, -0.25) is 4.79 Å². The molecule has 4 nitrogen and oxygen atoms in total. The van der Waals surface area contributed by atoms with Crippen molar-refractivity contribution in [3.8, 4) is 5.75 Å². The highest BCUT2D eigenvalue weighted by Gasteiger charge is 2.04. The Kier molecular flexibility index (Phi) is 6.29. The van der Waals surface area contributed by atoms with Crippen LogP contribution in [0.25, 0.3) is 0 Å². The summed E-state index contributed by atoms with van der Waals surface area (Å²) in [5.74, 6) is 0.739. The van der Waals surface area contributed by atoms with Crippen LogP contribution in [0.2, 0.25) is 5.02 Å². The van der Waals surface area contributed by atoms with Gasteiger partial charge in [-0.2, -0.15) is 0 Å². The van der Waals surface area contributed by atoms with Crippen LogP contribution in [0.15, 0.2) is 48.5 Å². The molecule has 1 amide bonds. The number of carbonyl (C=O) groups excluding carboxylic acids is 1. The van der Waals surface area contributed by atoms with Crippen LogP contribution in [0.4, 0.5) is 5.69 Å². The van der Waals surface area contributed by atoms with E-state index in [1.807, 2.05) is 56.3 Å². The first kappa shape index (κ1) is 17.2. The maximum absolute atomic E-state index is 11.9. The smallest absolute Gasteiger partial charge is 0.239 e. The molecule has 122 valence electrons. The van der Waals surface area contributed by atoms with E-state index in [4.69, 9.17) is 16.3 Å². The lowest BCUT2D eigenvalue weighted by Gasteiger charge is -2.11. The number of amides is 1. The molecule has 0 aromatic heterocycles. The molecule has 23 heavy (non-hydrogen) atoms. The fourth-order valence-electron chi connectivity index (χ4n) is 2.00. The van der Waals surface area contributed by atoms with Gasteiger partial charge in [0.25, 0.3) is 0 Å². The molecule has 0 unspecified atom stereocenters. The molecule has 0 aliphatic rings. The summed E-state index contributed by atoms with van der Waals surface area (Å²) in [5, 5.41) is 6.48. The van der Waals surface area contributed by atoms with Gasteiger partial charge >= 0.3 is 0 Å². The third kappa shape index (κ3) is 5.83. The second-order valence-electron chi connectivity index (χ2n) is 5.42. The van der Waals surface area contributed by atoms with Crippen LogP contribution in [0.5, 0.6) is 5.75 Å². The summed E-state index contributed by atoms with van der Waals surface area (Å²) < 4.78 is 5.58. The summed E-state index contributed by atoms with van der Waals surface area (Å²) in [7, 11) is 0. The molecule has 0 bridgehead atoms. The number of carbonyl (C=O) groups is 1. The van der Waals surface area contributed by atoms with Crippen molar-refractivity contribution in [2.24, 2.45) is 0 Å². The van der Waals surface area contributed by atoms with Crippen LogP contribution in [0.1, 0.15) is 19.4 Å². The molecular formula is C18H21ClN2O2. The molecule has 0 spiro atoms. The number of nitrogens with one attached hydrogen (secondary N) is 2. The number of halogens is 1. The SMILES string of the molecule is CC(C)Oc1ccc(CNC(=O)CNc2ccccc2Cl)cc1. The minimum absolute atomic E-state index is 0.0903. The van der Waals surface area contributed by atoms with Gasteiger partial charge in [0.2, 0.25) is 5.91 Å². The fourth-order valence-corrected chi connectivity index (χ4v) is 2.20. The average molecular weight is 333 g/mol. The summed E-state index contributed by atoms with van der Waals surface area (Å²) >= 11 is 6.03. The monoisotopic (exact) mass is 332 g/mol. The van der Waals surface area contributed by atoms with Gasteiger partial charge in [-0.15, -0.1) is 0 Å². The molecular weight excluding hydrogens is 312 g/mol. The van der Waals surface area contributed by atoms with Crippen LogP contribution in [-0.4, -0.2) is 18.6 Å². The van der Waals surface area contributed by atoms with E-state index in [0.717, 1.165) is 17.0 Å². The molecule has 0 saturated carbocycles. The second kappa shape index (κ2) is 8.44. The molecule has 2 aromatic rings. The number of hydrogen-bond donors (Lipinski definition) is 2. The first-order chi connectivity index (χ1) is 11.0. The number of hydrogen-bond acceptors (Lipinski definition) is 3. The maximum atomic E-state index is 11.9. The topological polar surface area (TPSA) is 50.4 Å². The van der Waals surface area contributed by atoms with Crippen molar-refractivity contribution in [2.45, 2.75) is 26.5 Å². The van der Waals surface area contributed by atoms with E-state index >= 15 is 0 Å². The van der Waals surface area contributed by atoms with Crippen molar-refractivity contribution in [3.63, 3.8) is 0 Å². The third-order valence-electron chi connectivity index (χ3n) is 3.10. The van der Waals surface area contributed by atoms with E-state index in [2.05, 4.69) is 10.6 Å². The summed E-state index contributed by atoms with van der Waals surface area (Å²) in [6.07, 6.45) is 0.149. The molecule has 0 atom stereocenters. The highest BCUT2D eigenvalue weighted by atomic mass is 35.5. The second-order valence-corrected chi connectivity index (χ2v) is 5.83. The number of ether oxygens (including phenoxy) is 1. The van der Waals surface area contributed by atoms with Gasteiger partial charge in [0.05, 0.1) is 23.4 Å². The van der Waals surface area contributed by atoms with Crippen LogP contribution >= 0.6 is 11.6 Å². The van der Waals surface area contributed by atoms with Crippen molar-refractivity contribution in [2.75, 3.05) is 11.9 Å². The zero-order valence-corrected chi connectivity index (χ0v) is 14.1. The quantitative estimate of drug-likeness (QED) is 0.809. The normalized spacial score (nSPS) is 10.4. The van der Waals surface area contributed by atoms with Gasteiger partial charge in [0.15, 0.2) is 0 Å². The molecule has 2 N–H and O–H groups in total. The van der Waals surface area contributed by atoms with E-state index in [-0.39, 0.29) is 18.6 Å². The highest BCUT2D eigenvalue weighted by Crippen LogP contribution is 2.19. The molecule has 0 fully saturated rings. The van der Waals surface area contributed by atoms with E-state index < -0.39 is 0 Å². The minimum Gasteiger partial charge on any atom is -0.491 e. The molecule has 0 aliphatic carbocycles. The summed E-state index contributed by atoms with van der Waals surface area (Å²) in [4.78, 5) is 11.9. The summed E-state index contributed by atoms with van der Waals surface area (Å²) in [6, 6.07) is 15.0. The summed E-state index contributed by atoms with van der Waals surface area (Å²) in [6.45, 7) is 4.63. The predicted molar refractivity (Wildman–Crippen MR) is 94.0 cm³/mol. The maximum Gasteiger partial charge on any atom is 0.239 e. The Balaban J connectivity index is 1.77. The Labute approximate surface area is 141 Å². The van der Waals surface area contributed by atoms with Crippen molar-refractivity contribution in [3.05, 3.63) is 59.1 Å². The van der Waals surface area contributed by atoms with E-state index in [1.165, 1.54) is 0 Å². The third-order valence-corrected chi connectivity index (χ3v) is 3.43. The predicted octanol–water partition coefficient (Wildman–Crippen LogP) is 3.86. The number of anilines is 1. The standard InChI is InChI=1S/C18H21ClN2O2/c1-13(2)23-15-9-7-14(8-10-15)11-21-18(22)12-20-17-6-4-3-5-16(17)19/h3-10,13,20H,11-12H2,1-2H3,(H,21,22). The lowest BCUT2D eigenvalue weighted by atomic mass is 10.2. The van der Waals surface area contributed by atoms with Crippen LogP contribution in [-0.2, 0) is 11.3 Å². The lowest BCUT2D eigenvalue weighted by molar-refractivity contribution is -0.119. The first-order valence-electron chi connectivity index (χ1n) is 7.55. The van der Waals surface area contributed by atoms with Crippen LogP contribution in [0, 0.1) is 0 Å². The summed E-state index contributed by atoms with van der Waals surface area (Å²) in [5.41, 5.74) is 1.77. The lowest BCUT2D eigenvalue weighted by Crippen LogP contribution is -2.29. The van der Waals surface area contributed by atoms with Gasteiger partial charge < -0.3 is 15.4 Å². The van der Waals surface area contributed by atoms with E-state index in [9.17, 15) is 4.79 Å². The molecule has 2 rings (SSSR count). The van der Waals surface area contributed by atoms with E-state index in [1.54, 1.807) is 6.07 Å². The zero-order chi connectivity index (χ0) is 16.7. The van der Waals surface area contributed by atoms with Gasteiger partial charge in [-0.25, -0.2) is 0 Å². The van der Waals surface area contributed by atoms with Gasteiger partial charge in [0, 0.05) is 6.54 Å². The Bertz CT molecular complexity index is 642. The first-order valence-corrected chi connectivity index (χ1v) is 7.93. The van der Waals surface area contributed by atoms with Crippen molar-refractivity contribution < 1.29 is 9.53 Å². The Morgan fingerprint density at radius 1 is 1.13 bits per heavy atom. The molecule has 0 heterocycles. The van der Waals surface area contributed by atoms with Crippen molar-refractivity contribution in [1.82, 2.24) is 5.32 Å². The number of rotatable bonds is 7. The zero-order valence-electron chi connectivity index (χ0n) is 13.3. The van der Waals surface area contributed by atoms with Crippen molar-refractivity contribution >= 4 is 23.2 Å². The van der Waals surface area contributed by atoms with Crippen LogP contribution in [0.3, 0.4) is 0 Å². The van der Waals surface area contributed by atoms with E-state index in [0.29, 0.717) is 11.6 Å². The Hall–Kier alpha value is -2.20. The Morgan fingerprint density at radius 3 is 2.48 bits per heavy atom. The fraction of sp³-hybridized carbons (Fsp3) is 0.278. The van der Waals surface area contributed by atoms with Gasteiger partial charge in [-0.1, -0.05) is 35.9 Å². The average Bonchev–Trinajstić information content (AvgIpc) is 2.53.